The number of benzene rings is 3. The average molecular weight is 403 g/mol. The number of rotatable bonds is 7. The fraction of sp³-hybridized carbons (Fsp3) is 0.0870. The largest absolute Gasteiger partial charge is 0.545 e. The molecule has 3 aromatic carbocycles. The van der Waals surface area contributed by atoms with E-state index in [1.165, 1.54) is 24.3 Å². The van der Waals surface area contributed by atoms with Gasteiger partial charge in [-0.05, 0) is 49.4 Å². The maximum Gasteiger partial charge on any atom is 0.265 e. The highest BCUT2D eigenvalue weighted by atomic mass is 16.5. The number of carboxylic acid groups (broad SMARTS) is 1. The van der Waals surface area contributed by atoms with Crippen molar-refractivity contribution in [2.24, 2.45) is 0 Å². The lowest BCUT2D eigenvalue weighted by Gasteiger charge is -2.15. The first kappa shape index (κ1) is 20.6. The van der Waals surface area contributed by atoms with Crippen molar-refractivity contribution < 1.29 is 24.2 Å². The highest BCUT2D eigenvalue weighted by Crippen LogP contribution is 2.17. The normalized spacial score (nSPS) is 11.2. The standard InChI is InChI=1S/C23H20N2O5/c1-15(30-18-7-3-2-4-8-18)21(26)24-17-13-11-16(12-14-17)22(27)25-20-10-6-5-9-19(20)23(28)29/h2-15H,1H3,(H,24,26)(H,25,27)(H,28,29)/p-1/t15-/m0/s1. The lowest BCUT2D eigenvalue weighted by Crippen LogP contribution is -2.30. The van der Waals surface area contributed by atoms with Gasteiger partial charge in [0.2, 0.25) is 0 Å². The Bertz CT molecular complexity index is 1050. The van der Waals surface area contributed by atoms with Crippen molar-refractivity contribution in [1.29, 1.82) is 0 Å². The predicted octanol–water partition coefficient (Wildman–Crippen LogP) is 2.71. The summed E-state index contributed by atoms with van der Waals surface area (Å²) in [5.41, 5.74) is 0.832. The summed E-state index contributed by atoms with van der Waals surface area (Å²) in [6.45, 7) is 1.64. The summed E-state index contributed by atoms with van der Waals surface area (Å²) in [6.07, 6.45) is -0.712. The molecule has 3 rings (SSSR count). The molecular weight excluding hydrogens is 384 g/mol. The fourth-order valence-corrected chi connectivity index (χ4v) is 2.67. The van der Waals surface area contributed by atoms with Crippen LogP contribution in [0.25, 0.3) is 0 Å². The van der Waals surface area contributed by atoms with E-state index in [9.17, 15) is 19.5 Å². The van der Waals surface area contributed by atoms with Crippen LogP contribution in [0, 0.1) is 0 Å². The number of hydrogen-bond acceptors (Lipinski definition) is 5. The molecule has 0 heterocycles. The molecule has 0 unspecified atom stereocenters. The molecule has 0 aromatic heterocycles. The predicted molar refractivity (Wildman–Crippen MR) is 110 cm³/mol. The highest BCUT2D eigenvalue weighted by Gasteiger charge is 2.15. The minimum absolute atomic E-state index is 0.109. The Morgan fingerprint density at radius 2 is 1.47 bits per heavy atom. The van der Waals surface area contributed by atoms with E-state index in [-0.39, 0.29) is 17.2 Å². The van der Waals surface area contributed by atoms with Crippen molar-refractivity contribution in [2.75, 3.05) is 10.6 Å². The van der Waals surface area contributed by atoms with Crippen LogP contribution < -0.4 is 20.5 Å². The second-order valence-corrected chi connectivity index (χ2v) is 6.43. The SMILES string of the molecule is C[C@H](Oc1ccccc1)C(=O)Nc1ccc(C(=O)Nc2ccccc2C(=O)[O-])cc1. The number of para-hydroxylation sites is 2. The number of carbonyl (C=O) groups excluding carboxylic acids is 3. The molecule has 3 aromatic rings. The van der Waals surface area contributed by atoms with Gasteiger partial charge in [0, 0.05) is 16.8 Å². The van der Waals surface area contributed by atoms with E-state index in [2.05, 4.69) is 10.6 Å². The number of nitrogens with one attached hydrogen (secondary N) is 2. The molecule has 30 heavy (non-hydrogen) atoms. The van der Waals surface area contributed by atoms with E-state index >= 15 is 0 Å². The zero-order valence-electron chi connectivity index (χ0n) is 16.1. The summed E-state index contributed by atoms with van der Waals surface area (Å²) in [5.74, 6) is -1.61. The van der Waals surface area contributed by atoms with E-state index in [1.807, 2.05) is 18.2 Å². The fourth-order valence-electron chi connectivity index (χ4n) is 2.67. The van der Waals surface area contributed by atoms with Gasteiger partial charge in [0.05, 0.1) is 11.7 Å². The summed E-state index contributed by atoms with van der Waals surface area (Å²) in [6, 6.07) is 21.2. The molecule has 0 aliphatic carbocycles. The van der Waals surface area contributed by atoms with Crippen molar-refractivity contribution in [3.63, 3.8) is 0 Å². The van der Waals surface area contributed by atoms with Crippen LogP contribution in [0.4, 0.5) is 11.4 Å². The Morgan fingerprint density at radius 1 is 0.833 bits per heavy atom. The number of hydrogen-bond donors (Lipinski definition) is 2. The highest BCUT2D eigenvalue weighted by molar-refractivity contribution is 6.07. The number of anilines is 2. The zero-order chi connectivity index (χ0) is 21.5. The Balaban J connectivity index is 1.61. The summed E-state index contributed by atoms with van der Waals surface area (Å²) < 4.78 is 5.58. The Labute approximate surface area is 173 Å². The first-order valence-electron chi connectivity index (χ1n) is 9.18. The van der Waals surface area contributed by atoms with Crippen molar-refractivity contribution >= 4 is 29.2 Å². The van der Waals surface area contributed by atoms with E-state index in [1.54, 1.807) is 43.3 Å². The Morgan fingerprint density at radius 3 is 2.13 bits per heavy atom. The summed E-state index contributed by atoms with van der Waals surface area (Å²) in [4.78, 5) is 35.8. The molecule has 0 fully saturated rings. The van der Waals surface area contributed by atoms with Crippen LogP contribution in [-0.2, 0) is 4.79 Å². The van der Waals surface area contributed by atoms with Crippen molar-refractivity contribution in [3.05, 3.63) is 90.0 Å². The minimum atomic E-state index is -1.38. The van der Waals surface area contributed by atoms with Crippen LogP contribution in [0.1, 0.15) is 27.6 Å². The second-order valence-electron chi connectivity index (χ2n) is 6.43. The summed E-state index contributed by atoms with van der Waals surface area (Å²) in [5, 5.41) is 16.4. The van der Waals surface area contributed by atoms with Gasteiger partial charge in [-0.25, -0.2) is 0 Å². The molecule has 2 N–H and O–H groups in total. The molecule has 0 radical (unpaired) electrons. The second kappa shape index (κ2) is 9.38. The molecule has 0 bridgehead atoms. The average Bonchev–Trinajstić information content (AvgIpc) is 2.75. The molecule has 1 atom stereocenters. The maximum atomic E-state index is 12.4. The van der Waals surface area contributed by atoms with Crippen LogP contribution in [0.5, 0.6) is 5.75 Å². The van der Waals surface area contributed by atoms with E-state index < -0.39 is 18.0 Å². The quantitative estimate of drug-likeness (QED) is 0.631. The van der Waals surface area contributed by atoms with Gasteiger partial charge < -0.3 is 25.3 Å². The van der Waals surface area contributed by atoms with Gasteiger partial charge in [-0.3, -0.25) is 9.59 Å². The van der Waals surface area contributed by atoms with E-state index in [4.69, 9.17) is 4.74 Å². The molecule has 0 aliphatic heterocycles. The molecule has 0 aliphatic rings. The van der Waals surface area contributed by atoms with Gasteiger partial charge in [0.15, 0.2) is 6.10 Å². The third-order valence-electron chi connectivity index (χ3n) is 4.24. The molecular formula is C23H19N2O5-. The number of carbonyl (C=O) groups is 3. The van der Waals surface area contributed by atoms with Crippen LogP contribution in [-0.4, -0.2) is 23.9 Å². The smallest absolute Gasteiger partial charge is 0.265 e. The molecule has 0 spiro atoms. The lowest BCUT2D eigenvalue weighted by atomic mass is 10.1. The van der Waals surface area contributed by atoms with Crippen molar-refractivity contribution in [3.8, 4) is 5.75 Å². The van der Waals surface area contributed by atoms with E-state index in [0.29, 0.717) is 17.0 Å². The van der Waals surface area contributed by atoms with Crippen LogP contribution >= 0.6 is 0 Å². The Hall–Kier alpha value is -4.13. The van der Waals surface area contributed by atoms with Gasteiger partial charge in [-0.1, -0.05) is 36.4 Å². The molecule has 7 nitrogen and oxygen atoms in total. The first-order chi connectivity index (χ1) is 14.4. The molecule has 0 saturated heterocycles. The van der Waals surface area contributed by atoms with Gasteiger partial charge in [0.25, 0.3) is 11.8 Å². The molecule has 152 valence electrons. The summed E-state index contributed by atoms with van der Waals surface area (Å²) >= 11 is 0. The minimum Gasteiger partial charge on any atom is -0.545 e. The molecule has 0 saturated carbocycles. The first-order valence-corrected chi connectivity index (χ1v) is 9.18. The number of amides is 2. The maximum absolute atomic E-state index is 12.4. The van der Waals surface area contributed by atoms with E-state index in [0.717, 1.165) is 0 Å². The topological polar surface area (TPSA) is 108 Å². The third-order valence-corrected chi connectivity index (χ3v) is 4.24. The monoisotopic (exact) mass is 403 g/mol. The zero-order valence-corrected chi connectivity index (χ0v) is 16.1. The number of aromatic carboxylic acids is 1. The van der Waals surface area contributed by atoms with Crippen LogP contribution in [0.15, 0.2) is 78.9 Å². The Kier molecular flexibility index (Phi) is 6.44. The number of carboxylic acids is 1. The third kappa shape index (κ3) is 5.23. The van der Waals surface area contributed by atoms with Gasteiger partial charge in [-0.15, -0.1) is 0 Å². The molecule has 7 heteroatoms. The van der Waals surface area contributed by atoms with Gasteiger partial charge in [-0.2, -0.15) is 0 Å². The van der Waals surface area contributed by atoms with Crippen LogP contribution in [0.2, 0.25) is 0 Å². The summed E-state index contributed by atoms with van der Waals surface area (Å²) in [7, 11) is 0. The van der Waals surface area contributed by atoms with Crippen LogP contribution in [0.3, 0.4) is 0 Å². The van der Waals surface area contributed by atoms with Crippen molar-refractivity contribution in [1.82, 2.24) is 0 Å². The lowest BCUT2D eigenvalue weighted by molar-refractivity contribution is -0.254. The number of ether oxygens (including phenoxy) is 1. The van der Waals surface area contributed by atoms with Gasteiger partial charge in [0.1, 0.15) is 5.75 Å². The molecule has 2 amide bonds. The van der Waals surface area contributed by atoms with Crippen molar-refractivity contribution in [2.45, 2.75) is 13.0 Å². The van der Waals surface area contributed by atoms with Gasteiger partial charge >= 0.3 is 0 Å².